The molecule has 4 aliphatic rings. The average molecular weight is 777 g/mol. The second-order valence-corrected chi connectivity index (χ2v) is 16.7. The van der Waals surface area contributed by atoms with Gasteiger partial charge in [-0.2, -0.15) is 0 Å². The van der Waals surface area contributed by atoms with E-state index in [1.165, 1.54) is 88.8 Å². The van der Waals surface area contributed by atoms with Gasteiger partial charge >= 0.3 is 0 Å². The van der Waals surface area contributed by atoms with Crippen molar-refractivity contribution in [2.75, 3.05) is 4.90 Å². The molecule has 0 bridgehead atoms. The fourth-order valence-corrected chi connectivity index (χ4v) is 11.4. The summed E-state index contributed by atoms with van der Waals surface area (Å²) in [6.45, 7) is 0. The molecule has 0 amide bonds. The van der Waals surface area contributed by atoms with Crippen LogP contribution in [0.25, 0.3) is 55.3 Å². The van der Waals surface area contributed by atoms with Crippen LogP contribution in [-0.4, -0.2) is 4.57 Å². The van der Waals surface area contributed by atoms with Crippen LogP contribution in [0.3, 0.4) is 0 Å². The zero-order chi connectivity index (χ0) is 40.1. The smallest absolute Gasteiger partial charge is 0.0725 e. The molecule has 9 aromatic rings. The molecule has 4 aliphatic carbocycles. The lowest BCUT2D eigenvalue weighted by Gasteiger charge is -2.39. The first-order chi connectivity index (χ1) is 30.3. The van der Waals surface area contributed by atoms with Gasteiger partial charge in [0.25, 0.3) is 0 Å². The molecular formula is C59H40N2. The van der Waals surface area contributed by atoms with Crippen molar-refractivity contribution in [1.29, 1.82) is 0 Å². The summed E-state index contributed by atoms with van der Waals surface area (Å²) in [5.41, 5.74) is 20.2. The normalized spacial score (nSPS) is 17.4. The highest BCUT2D eigenvalue weighted by Crippen LogP contribution is 2.63. The lowest BCUT2D eigenvalue weighted by molar-refractivity contribution is 0.627. The molecule has 13 rings (SSSR count). The molecule has 2 heteroatoms. The Bertz CT molecular complexity index is 3310. The Hall–Kier alpha value is -7.68. The minimum atomic E-state index is -0.376. The maximum Gasteiger partial charge on any atom is 0.0725 e. The molecule has 0 N–H and O–H groups in total. The highest BCUT2D eigenvalue weighted by Gasteiger charge is 2.51. The summed E-state index contributed by atoms with van der Waals surface area (Å²) in [6.07, 6.45) is 14.1. The molecule has 0 fully saturated rings. The molecule has 1 spiro atoms. The molecule has 2 nitrogen and oxygen atoms in total. The highest BCUT2D eigenvalue weighted by atomic mass is 15.2. The highest BCUT2D eigenvalue weighted by molar-refractivity contribution is 6.10. The molecule has 61 heavy (non-hydrogen) atoms. The standard InChI is InChI=1S/C59H40N2/c1-3-17-40(18-4-1)60(42-32-35-58-51(38-42)50-26-12-16-30-56(50)61(58)41-19-5-2-6-20-41)57-36-34-43(44-21-7-8-25-49(44)57)39-31-33-48-47-24-11-15-29-54(47)59(55(48)37-39)52-27-13-9-22-45(52)46-23-10-14-28-53(46)59/h1-38,44,49H. The van der Waals surface area contributed by atoms with Crippen LogP contribution in [0.4, 0.5) is 11.4 Å². The average Bonchev–Trinajstić information content (AvgIpc) is 3.94. The van der Waals surface area contributed by atoms with Crippen molar-refractivity contribution < 1.29 is 0 Å². The number of rotatable bonds is 5. The summed E-state index contributed by atoms with van der Waals surface area (Å²) in [5.74, 6) is 0.278. The quantitative estimate of drug-likeness (QED) is 0.169. The van der Waals surface area contributed by atoms with Crippen LogP contribution in [0.1, 0.15) is 27.8 Å². The van der Waals surface area contributed by atoms with Gasteiger partial charge in [0.1, 0.15) is 0 Å². The predicted molar refractivity (Wildman–Crippen MR) is 253 cm³/mol. The summed E-state index contributed by atoms with van der Waals surface area (Å²) < 4.78 is 2.39. The zero-order valence-corrected chi connectivity index (χ0v) is 33.5. The van der Waals surface area contributed by atoms with Crippen molar-refractivity contribution in [3.63, 3.8) is 0 Å². The van der Waals surface area contributed by atoms with Crippen LogP contribution in [-0.2, 0) is 5.41 Å². The van der Waals surface area contributed by atoms with Crippen LogP contribution in [0, 0.1) is 11.8 Å². The van der Waals surface area contributed by atoms with E-state index in [0.717, 1.165) is 11.4 Å². The fourth-order valence-electron chi connectivity index (χ4n) is 11.4. The van der Waals surface area contributed by atoms with Crippen molar-refractivity contribution in [3.05, 3.63) is 264 Å². The fraction of sp³-hybridized carbons (Fsp3) is 0.0508. The number of fused-ring (bicyclic) bond motifs is 14. The number of nitrogens with zero attached hydrogens (tertiary/aromatic N) is 2. The second-order valence-electron chi connectivity index (χ2n) is 16.7. The molecule has 1 aromatic heterocycles. The van der Waals surface area contributed by atoms with Gasteiger partial charge in [0.2, 0.25) is 0 Å². The van der Waals surface area contributed by atoms with Crippen LogP contribution >= 0.6 is 0 Å². The molecular weight excluding hydrogens is 737 g/mol. The molecule has 8 aromatic carbocycles. The van der Waals surface area contributed by atoms with E-state index >= 15 is 0 Å². The van der Waals surface area contributed by atoms with E-state index in [0.29, 0.717) is 0 Å². The van der Waals surface area contributed by atoms with Crippen molar-refractivity contribution in [1.82, 2.24) is 4.57 Å². The summed E-state index contributed by atoms with van der Waals surface area (Å²) in [6, 6.07) is 72.0. The summed E-state index contributed by atoms with van der Waals surface area (Å²) in [4.78, 5) is 2.49. The van der Waals surface area contributed by atoms with Crippen LogP contribution in [0.5, 0.6) is 0 Å². The number of hydrogen-bond acceptors (Lipinski definition) is 1. The topological polar surface area (TPSA) is 8.17 Å². The van der Waals surface area contributed by atoms with E-state index < -0.39 is 0 Å². The lowest BCUT2D eigenvalue weighted by Crippen LogP contribution is -2.29. The van der Waals surface area contributed by atoms with Crippen LogP contribution < -0.4 is 4.90 Å². The van der Waals surface area contributed by atoms with Crippen molar-refractivity contribution in [2.45, 2.75) is 5.41 Å². The molecule has 0 radical (unpaired) electrons. The van der Waals surface area contributed by atoms with E-state index in [1.54, 1.807) is 0 Å². The van der Waals surface area contributed by atoms with Gasteiger partial charge in [0.05, 0.1) is 16.4 Å². The van der Waals surface area contributed by atoms with Crippen LogP contribution in [0.2, 0.25) is 0 Å². The molecule has 1 heterocycles. The lowest BCUT2D eigenvalue weighted by atomic mass is 9.69. The minimum absolute atomic E-state index is 0.124. The second kappa shape index (κ2) is 13.2. The third kappa shape index (κ3) is 4.79. The summed E-state index contributed by atoms with van der Waals surface area (Å²) in [7, 11) is 0. The molecule has 2 unspecified atom stereocenters. The van der Waals surface area contributed by atoms with Crippen molar-refractivity contribution >= 4 is 38.8 Å². The van der Waals surface area contributed by atoms with Gasteiger partial charge in [-0.25, -0.2) is 0 Å². The van der Waals surface area contributed by atoms with Gasteiger partial charge in [-0.15, -0.1) is 0 Å². The van der Waals surface area contributed by atoms with E-state index in [-0.39, 0.29) is 17.3 Å². The molecule has 286 valence electrons. The molecule has 2 atom stereocenters. The number of para-hydroxylation sites is 3. The summed E-state index contributed by atoms with van der Waals surface area (Å²) >= 11 is 0. The van der Waals surface area contributed by atoms with Gasteiger partial charge in [-0.1, -0.05) is 170 Å². The Morgan fingerprint density at radius 2 is 0.984 bits per heavy atom. The first-order valence-electron chi connectivity index (χ1n) is 21.4. The predicted octanol–water partition coefficient (Wildman–Crippen LogP) is 14.6. The third-order valence-corrected chi connectivity index (χ3v) is 13.8. The van der Waals surface area contributed by atoms with Gasteiger partial charge in [0, 0.05) is 45.4 Å². The first-order valence-corrected chi connectivity index (χ1v) is 21.4. The monoisotopic (exact) mass is 776 g/mol. The maximum absolute atomic E-state index is 2.54. The Labute approximate surface area is 356 Å². The largest absolute Gasteiger partial charge is 0.314 e. The minimum Gasteiger partial charge on any atom is -0.314 e. The van der Waals surface area contributed by atoms with Gasteiger partial charge in [0.15, 0.2) is 0 Å². The van der Waals surface area contributed by atoms with E-state index in [2.05, 4.69) is 240 Å². The zero-order valence-electron chi connectivity index (χ0n) is 33.5. The van der Waals surface area contributed by atoms with E-state index in [4.69, 9.17) is 0 Å². The third-order valence-electron chi connectivity index (χ3n) is 13.8. The van der Waals surface area contributed by atoms with Crippen molar-refractivity contribution in [3.8, 4) is 27.9 Å². The summed E-state index contributed by atoms with van der Waals surface area (Å²) in [5, 5.41) is 2.49. The number of hydrogen-bond donors (Lipinski definition) is 0. The Kier molecular flexibility index (Phi) is 7.38. The number of allylic oxidation sites excluding steroid dienone is 7. The molecule has 0 saturated carbocycles. The molecule has 0 aliphatic heterocycles. The van der Waals surface area contributed by atoms with E-state index in [9.17, 15) is 0 Å². The number of aromatic nitrogens is 1. The van der Waals surface area contributed by atoms with Crippen molar-refractivity contribution in [2.24, 2.45) is 11.8 Å². The number of anilines is 2. The SMILES string of the molecule is C1=CC2C(c3ccc4c(c3)C3(c5ccccc5-c5ccccc53)c3ccccc3-4)=CC=C(N(c3ccccc3)c3ccc4c(c3)c3ccccc3n4-c3ccccc3)C2C=C1. The Morgan fingerprint density at radius 1 is 0.410 bits per heavy atom. The number of benzene rings is 8. The first kappa shape index (κ1) is 34.2. The maximum atomic E-state index is 2.54. The van der Waals surface area contributed by atoms with E-state index in [1.807, 2.05) is 0 Å². The molecule has 0 saturated heterocycles. The van der Waals surface area contributed by atoms with Crippen LogP contribution in [0.15, 0.2) is 236 Å². The van der Waals surface area contributed by atoms with Gasteiger partial charge in [-0.05, 0) is 116 Å². The Balaban J connectivity index is 0.992. The Morgan fingerprint density at radius 3 is 1.69 bits per heavy atom. The van der Waals surface area contributed by atoms with Gasteiger partial charge in [-0.3, -0.25) is 0 Å². The van der Waals surface area contributed by atoms with Gasteiger partial charge < -0.3 is 9.47 Å².